The van der Waals surface area contributed by atoms with Gasteiger partial charge in [-0.05, 0) is 12.1 Å². The fraction of sp³-hybridized carbons (Fsp3) is 0.300. The lowest BCUT2D eigenvalue weighted by Gasteiger charge is -2.16. The lowest BCUT2D eigenvalue weighted by Crippen LogP contribution is -2.28. The van der Waals surface area contributed by atoms with Crippen molar-refractivity contribution in [3.8, 4) is 0 Å². The van der Waals surface area contributed by atoms with E-state index in [2.05, 4.69) is 4.98 Å². The van der Waals surface area contributed by atoms with E-state index in [0.29, 0.717) is 0 Å². The molecule has 0 aromatic carbocycles. The highest BCUT2D eigenvalue weighted by atomic mass is 35.5. The molecule has 0 bridgehead atoms. The number of carbonyl (C=O) groups is 2. The van der Waals surface area contributed by atoms with Gasteiger partial charge in [-0.3, -0.25) is 9.69 Å². The predicted molar refractivity (Wildman–Crippen MR) is 59.2 cm³/mol. The lowest BCUT2D eigenvalue weighted by atomic mass is 10.2. The molecule has 7 heteroatoms. The van der Waals surface area contributed by atoms with Crippen molar-refractivity contribution < 1.29 is 19.8 Å². The van der Waals surface area contributed by atoms with Crippen LogP contribution in [0.25, 0.3) is 0 Å². The molecule has 2 heterocycles. The number of hydrogen-bond acceptors (Lipinski definition) is 4. The summed E-state index contributed by atoms with van der Waals surface area (Å²) >= 11 is 5.68. The van der Waals surface area contributed by atoms with E-state index in [1.165, 1.54) is 12.1 Å². The van der Waals surface area contributed by atoms with E-state index in [0.717, 1.165) is 4.90 Å². The van der Waals surface area contributed by atoms with Gasteiger partial charge in [0.05, 0.1) is 19.1 Å². The van der Waals surface area contributed by atoms with Crippen LogP contribution in [0.3, 0.4) is 0 Å². The molecule has 6 nitrogen and oxygen atoms in total. The molecule has 2 rings (SSSR count). The Morgan fingerprint density at radius 3 is 2.76 bits per heavy atom. The van der Waals surface area contributed by atoms with Crippen LogP contribution in [0.5, 0.6) is 0 Å². The fourth-order valence-corrected chi connectivity index (χ4v) is 1.83. The Kier molecular flexibility index (Phi) is 2.99. The smallest absolute Gasteiger partial charge is 0.339 e. The summed E-state index contributed by atoms with van der Waals surface area (Å²) < 4.78 is 0. The van der Waals surface area contributed by atoms with Gasteiger partial charge in [0.1, 0.15) is 10.7 Å². The molecule has 1 saturated heterocycles. The van der Waals surface area contributed by atoms with Gasteiger partial charge in [0, 0.05) is 0 Å². The molecule has 1 amide bonds. The number of aliphatic hydroxyl groups is 1. The molecule has 1 aliphatic rings. The molecule has 1 aliphatic heterocycles. The zero-order valence-electron chi connectivity index (χ0n) is 8.63. The van der Waals surface area contributed by atoms with Gasteiger partial charge >= 0.3 is 5.97 Å². The third-order valence-corrected chi connectivity index (χ3v) is 2.64. The van der Waals surface area contributed by atoms with Gasteiger partial charge in [-0.1, -0.05) is 11.6 Å². The quantitative estimate of drug-likeness (QED) is 0.754. The number of aromatic carboxylic acids is 1. The summed E-state index contributed by atoms with van der Waals surface area (Å²) in [6, 6.07) is 2.62. The Hall–Kier alpha value is -1.66. The largest absolute Gasteiger partial charge is 0.478 e. The Bertz CT molecular complexity index is 491. The standard InChI is InChI=1S/C10H9ClN2O4/c11-7-2-1-6(10(16)17)9(12-7)13-4-5(14)3-8(13)15/h1-2,5,14H,3-4H2,(H,16,17). The monoisotopic (exact) mass is 256 g/mol. The van der Waals surface area contributed by atoms with Crippen LogP contribution in [0.4, 0.5) is 5.82 Å². The Morgan fingerprint density at radius 1 is 1.53 bits per heavy atom. The highest BCUT2D eigenvalue weighted by molar-refractivity contribution is 6.29. The highest BCUT2D eigenvalue weighted by Crippen LogP contribution is 2.25. The lowest BCUT2D eigenvalue weighted by molar-refractivity contribution is -0.117. The molecule has 1 unspecified atom stereocenters. The van der Waals surface area contributed by atoms with Crippen LogP contribution in [0.15, 0.2) is 12.1 Å². The molecule has 90 valence electrons. The number of anilines is 1. The molecule has 0 radical (unpaired) electrons. The minimum Gasteiger partial charge on any atom is -0.478 e. The topological polar surface area (TPSA) is 90.7 Å². The van der Waals surface area contributed by atoms with Crippen LogP contribution in [-0.2, 0) is 4.79 Å². The van der Waals surface area contributed by atoms with E-state index in [4.69, 9.17) is 16.7 Å². The van der Waals surface area contributed by atoms with Crippen LogP contribution >= 0.6 is 11.6 Å². The summed E-state index contributed by atoms with van der Waals surface area (Å²) in [7, 11) is 0. The normalized spacial score (nSPS) is 19.8. The van der Waals surface area contributed by atoms with Crippen molar-refractivity contribution >= 4 is 29.3 Å². The van der Waals surface area contributed by atoms with E-state index >= 15 is 0 Å². The fourth-order valence-electron chi connectivity index (χ4n) is 1.69. The first-order chi connectivity index (χ1) is 7.99. The van der Waals surface area contributed by atoms with Crippen LogP contribution in [0.2, 0.25) is 5.15 Å². The van der Waals surface area contributed by atoms with E-state index in [-0.39, 0.29) is 35.4 Å². The molecule has 1 atom stereocenters. The van der Waals surface area contributed by atoms with Gasteiger partial charge in [-0.25, -0.2) is 9.78 Å². The molecule has 1 aromatic heterocycles. The van der Waals surface area contributed by atoms with Gasteiger partial charge in [-0.15, -0.1) is 0 Å². The summed E-state index contributed by atoms with van der Waals surface area (Å²) in [5.41, 5.74) is -0.114. The zero-order chi connectivity index (χ0) is 12.6. The summed E-state index contributed by atoms with van der Waals surface area (Å²) in [6.07, 6.45) is -0.835. The van der Waals surface area contributed by atoms with Crippen LogP contribution in [0.1, 0.15) is 16.8 Å². The SMILES string of the molecule is O=C(O)c1ccc(Cl)nc1N1CC(O)CC1=O. The number of hydrogen-bond donors (Lipinski definition) is 2. The third-order valence-electron chi connectivity index (χ3n) is 2.43. The van der Waals surface area contributed by atoms with Crippen molar-refractivity contribution in [3.63, 3.8) is 0 Å². The maximum atomic E-state index is 11.6. The van der Waals surface area contributed by atoms with Crippen molar-refractivity contribution in [1.82, 2.24) is 4.98 Å². The summed E-state index contributed by atoms with van der Waals surface area (Å²) in [4.78, 5) is 27.5. The van der Waals surface area contributed by atoms with Crippen molar-refractivity contribution in [2.75, 3.05) is 11.4 Å². The summed E-state index contributed by atoms with van der Waals surface area (Å²) in [5.74, 6) is -1.58. The van der Waals surface area contributed by atoms with Gasteiger partial charge in [0.15, 0.2) is 5.82 Å². The molecule has 0 aliphatic carbocycles. The van der Waals surface area contributed by atoms with Crippen LogP contribution in [-0.4, -0.2) is 39.7 Å². The highest BCUT2D eigenvalue weighted by Gasteiger charge is 2.32. The molecule has 17 heavy (non-hydrogen) atoms. The third kappa shape index (κ3) is 2.22. The maximum absolute atomic E-state index is 11.6. The predicted octanol–water partition coefficient (Wildman–Crippen LogP) is 0.531. The number of carboxylic acids is 1. The first-order valence-corrected chi connectivity index (χ1v) is 5.25. The van der Waals surface area contributed by atoms with Crippen LogP contribution in [0, 0.1) is 0 Å². The Balaban J connectivity index is 2.46. The second-order valence-electron chi connectivity index (χ2n) is 3.67. The van der Waals surface area contributed by atoms with Crippen molar-refractivity contribution in [2.24, 2.45) is 0 Å². The average Bonchev–Trinajstić information content (AvgIpc) is 2.57. The number of halogens is 1. The second kappa shape index (κ2) is 4.31. The Morgan fingerprint density at radius 2 is 2.24 bits per heavy atom. The zero-order valence-corrected chi connectivity index (χ0v) is 9.39. The number of rotatable bonds is 2. The number of aliphatic hydroxyl groups excluding tert-OH is 1. The van der Waals surface area contributed by atoms with Gasteiger partial charge in [0.25, 0.3) is 0 Å². The number of nitrogens with zero attached hydrogens (tertiary/aromatic N) is 2. The maximum Gasteiger partial charge on any atom is 0.339 e. The molecule has 1 fully saturated rings. The molecule has 2 N–H and O–H groups in total. The first kappa shape index (κ1) is 11.8. The molecule has 1 aromatic rings. The van der Waals surface area contributed by atoms with E-state index in [9.17, 15) is 14.7 Å². The Labute approximate surface area is 101 Å². The van der Waals surface area contributed by atoms with E-state index < -0.39 is 12.1 Å². The van der Waals surface area contributed by atoms with E-state index in [1.807, 2.05) is 0 Å². The minimum absolute atomic E-state index is 0.0217. The summed E-state index contributed by atoms with van der Waals surface area (Å²) in [6.45, 7) is 0.0342. The van der Waals surface area contributed by atoms with Crippen LogP contribution < -0.4 is 4.90 Å². The molecule has 0 saturated carbocycles. The molecular weight excluding hydrogens is 248 g/mol. The molecular formula is C10H9ClN2O4. The second-order valence-corrected chi connectivity index (χ2v) is 4.06. The first-order valence-electron chi connectivity index (χ1n) is 4.87. The van der Waals surface area contributed by atoms with E-state index in [1.54, 1.807) is 0 Å². The number of carboxylic acid groups (broad SMARTS) is 1. The number of aromatic nitrogens is 1. The number of carbonyl (C=O) groups excluding carboxylic acids is 1. The minimum atomic E-state index is -1.20. The number of β-amino-alcohol motifs (C(OH)–C–C–N with tert-alkyl or cyclic N) is 1. The molecule has 0 spiro atoms. The average molecular weight is 257 g/mol. The van der Waals surface area contributed by atoms with Gasteiger partial charge < -0.3 is 10.2 Å². The van der Waals surface area contributed by atoms with Gasteiger partial charge in [0.2, 0.25) is 5.91 Å². The van der Waals surface area contributed by atoms with Crippen molar-refractivity contribution in [2.45, 2.75) is 12.5 Å². The number of amides is 1. The van der Waals surface area contributed by atoms with Crippen molar-refractivity contribution in [1.29, 1.82) is 0 Å². The summed E-state index contributed by atoms with van der Waals surface area (Å²) in [5, 5.41) is 18.4. The van der Waals surface area contributed by atoms with Crippen molar-refractivity contribution in [3.05, 3.63) is 22.8 Å². The van der Waals surface area contributed by atoms with Gasteiger partial charge in [-0.2, -0.15) is 0 Å². The number of pyridine rings is 1.